The topological polar surface area (TPSA) is 92.5 Å². The van der Waals surface area contributed by atoms with Gasteiger partial charge in [-0.05, 0) is 19.3 Å². The van der Waals surface area contributed by atoms with Crippen LogP contribution in [0.3, 0.4) is 0 Å². The minimum absolute atomic E-state index is 0.104. The van der Waals surface area contributed by atoms with Crippen LogP contribution in [0.1, 0.15) is 25.7 Å². The van der Waals surface area contributed by atoms with E-state index in [1.54, 1.807) is 0 Å². The summed E-state index contributed by atoms with van der Waals surface area (Å²) in [6, 6.07) is -0.961. The molecule has 0 aromatic carbocycles. The highest BCUT2D eigenvalue weighted by atomic mass is 16.2. The molecule has 2 rings (SSSR count). The van der Waals surface area contributed by atoms with E-state index >= 15 is 0 Å². The highest BCUT2D eigenvalue weighted by Crippen LogP contribution is 2.20. The maximum Gasteiger partial charge on any atom is 0.245 e. The molecule has 0 radical (unpaired) electrons. The molecule has 0 unspecified atom stereocenters. The first kappa shape index (κ1) is 10.9. The Morgan fingerprint density at radius 3 is 2.69 bits per heavy atom. The summed E-state index contributed by atoms with van der Waals surface area (Å²) in [4.78, 5) is 35.7. The Bertz CT molecular complexity index is 342. The van der Waals surface area contributed by atoms with Gasteiger partial charge in [-0.3, -0.25) is 14.4 Å². The van der Waals surface area contributed by atoms with E-state index in [2.05, 4.69) is 5.32 Å². The maximum absolute atomic E-state index is 12.0. The summed E-state index contributed by atoms with van der Waals surface area (Å²) < 4.78 is 0. The third kappa shape index (κ3) is 1.87. The fourth-order valence-corrected chi connectivity index (χ4v) is 2.33. The van der Waals surface area contributed by atoms with Crippen molar-refractivity contribution >= 4 is 17.7 Å². The molecule has 2 saturated heterocycles. The van der Waals surface area contributed by atoms with Crippen LogP contribution < -0.4 is 11.1 Å². The summed E-state index contributed by atoms with van der Waals surface area (Å²) in [6.45, 7) is 0.554. The van der Waals surface area contributed by atoms with Crippen LogP contribution >= 0.6 is 0 Å². The molecule has 6 nitrogen and oxygen atoms in total. The molecule has 2 atom stereocenters. The van der Waals surface area contributed by atoms with Gasteiger partial charge < -0.3 is 16.0 Å². The Balaban J connectivity index is 2.03. The van der Waals surface area contributed by atoms with Gasteiger partial charge in [0, 0.05) is 13.0 Å². The molecule has 88 valence electrons. The predicted molar refractivity (Wildman–Crippen MR) is 55.1 cm³/mol. The van der Waals surface area contributed by atoms with Gasteiger partial charge >= 0.3 is 0 Å². The van der Waals surface area contributed by atoms with Crippen LogP contribution in [-0.4, -0.2) is 41.2 Å². The van der Waals surface area contributed by atoms with Gasteiger partial charge in [-0.25, -0.2) is 0 Å². The van der Waals surface area contributed by atoms with Crippen molar-refractivity contribution in [3.8, 4) is 0 Å². The molecule has 3 amide bonds. The molecule has 2 aliphatic heterocycles. The molecular weight excluding hydrogens is 210 g/mol. The molecule has 3 N–H and O–H groups in total. The van der Waals surface area contributed by atoms with Gasteiger partial charge in [0.05, 0.1) is 0 Å². The molecule has 0 bridgehead atoms. The largest absolute Gasteiger partial charge is 0.368 e. The second kappa shape index (κ2) is 4.11. The minimum Gasteiger partial charge on any atom is -0.368 e. The molecule has 0 aromatic rings. The van der Waals surface area contributed by atoms with Crippen LogP contribution in [0, 0.1) is 0 Å². The van der Waals surface area contributed by atoms with Crippen LogP contribution in [0.5, 0.6) is 0 Å². The molecule has 0 aliphatic carbocycles. The highest BCUT2D eigenvalue weighted by Gasteiger charge is 2.38. The second-order valence-corrected chi connectivity index (χ2v) is 4.25. The van der Waals surface area contributed by atoms with Gasteiger partial charge in [0.25, 0.3) is 0 Å². The molecule has 2 aliphatic rings. The van der Waals surface area contributed by atoms with E-state index in [4.69, 9.17) is 5.73 Å². The Labute approximate surface area is 93.1 Å². The number of carbonyl (C=O) groups excluding carboxylic acids is 3. The van der Waals surface area contributed by atoms with E-state index in [0.717, 1.165) is 6.42 Å². The minimum atomic E-state index is -0.495. The predicted octanol–water partition coefficient (Wildman–Crippen LogP) is -1.26. The number of hydrogen-bond donors (Lipinski definition) is 2. The third-order valence-corrected chi connectivity index (χ3v) is 3.16. The quantitative estimate of drug-likeness (QED) is 0.614. The van der Waals surface area contributed by atoms with Crippen molar-refractivity contribution in [2.45, 2.75) is 37.8 Å². The van der Waals surface area contributed by atoms with Gasteiger partial charge in [-0.15, -0.1) is 0 Å². The average molecular weight is 225 g/mol. The lowest BCUT2D eigenvalue weighted by Gasteiger charge is -2.25. The molecular formula is C10H15N3O3. The van der Waals surface area contributed by atoms with Crippen LogP contribution in [0.15, 0.2) is 0 Å². The van der Waals surface area contributed by atoms with E-state index in [0.29, 0.717) is 25.8 Å². The standard InChI is InChI=1S/C10H15N3O3/c11-9(15)7-2-1-5-13(7)10(16)6-3-4-8(14)12-6/h6-7H,1-5H2,(H2,11,15)(H,12,14)/t6-,7-/m0/s1. The lowest BCUT2D eigenvalue weighted by molar-refractivity contribution is -0.139. The number of hydrogen-bond acceptors (Lipinski definition) is 3. The zero-order valence-electron chi connectivity index (χ0n) is 8.94. The average Bonchev–Trinajstić information content (AvgIpc) is 2.84. The molecule has 2 fully saturated rings. The number of likely N-dealkylation sites (tertiary alicyclic amines) is 1. The molecule has 0 saturated carbocycles. The first-order valence-electron chi connectivity index (χ1n) is 5.49. The van der Waals surface area contributed by atoms with Crippen molar-refractivity contribution in [3.63, 3.8) is 0 Å². The molecule has 0 aromatic heterocycles. The Hall–Kier alpha value is -1.59. The lowest BCUT2D eigenvalue weighted by Crippen LogP contribution is -2.50. The lowest BCUT2D eigenvalue weighted by atomic mass is 10.1. The van der Waals surface area contributed by atoms with Gasteiger partial charge in [-0.2, -0.15) is 0 Å². The summed E-state index contributed by atoms with van der Waals surface area (Å²) in [5, 5.41) is 2.61. The number of nitrogens with one attached hydrogen (secondary N) is 1. The van der Waals surface area contributed by atoms with E-state index in [-0.39, 0.29) is 11.8 Å². The molecule has 6 heteroatoms. The number of carbonyl (C=O) groups is 3. The van der Waals surface area contributed by atoms with Crippen LogP contribution in [-0.2, 0) is 14.4 Å². The number of primary amides is 1. The number of nitrogens with zero attached hydrogens (tertiary/aromatic N) is 1. The Kier molecular flexibility index (Phi) is 2.80. The van der Waals surface area contributed by atoms with Crippen LogP contribution in [0.2, 0.25) is 0 Å². The van der Waals surface area contributed by atoms with Crippen molar-refractivity contribution < 1.29 is 14.4 Å². The van der Waals surface area contributed by atoms with E-state index in [9.17, 15) is 14.4 Å². The first-order valence-corrected chi connectivity index (χ1v) is 5.49. The fraction of sp³-hybridized carbons (Fsp3) is 0.700. The van der Waals surface area contributed by atoms with Crippen LogP contribution in [0.25, 0.3) is 0 Å². The maximum atomic E-state index is 12.0. The zero-order chi connectivity index (χ0) is 11.7. The zero-order valence-corrected chi connectivity index (χ0v) is 8.94. The van der Waals surface area contributed by atoms with Gasteiger partial charge in [0.2, 0.25) is 17.7 Å². The van der Waals surface area contributed by atoms with Gasteiger partial charge in [0.15, 0.2) is 0 Å². The number of amides is 3. The Morgan fingerprint density at radius 1 is 1.38 bits per heavy atom. The SMILES string of the molecule is NC(=O)[C@@H]1CCCN1C(=O)[C@@H]1CCC(=O)N1. The normalized spacial score (nSPS) is 29.2. The second-order valence-electron chi connectivity index (χ2n) is 4.25. The molecule has 0 spiro atoms. The summed E-state index contributed by atoms with van der Waals surface area (Å²) in [5.74, 6) is -0.740. The highest BCUT2D eigenvalue weighted by molar-refractivity contribution is 5.94. The Morgan fingerprint density at radius 2 is 2.12 bits per heavy atom. The van der Waals surface area contributed by atoms with Gasteiger partial charge in [-0.1, -0.05) is 0 Å². The monoisotopic (exact) mass is 225 g/mol. The third-order valence-electron chi connectivity index (χ3n) is 3.16. The molecule has 16 heavy (non-hydrogen) atoms. The summed E-state index contributed by atoms with van der Waals surface area (Å²) in [6.07, 6.45) is 2.31. The van der Waals surface area contributed by atoms with E-state index in [1.807, 2.05) is 0 Å². The van der Waals surface area contributed by atoms with Gasteiger partial charge in [0.1, 0.15) is 12.1 Å². The summed E-state index contributed by atoms with van der Waals surface area (Å²) in [7, 11) is 0. The van der Waals surface area contributed by atoms with Crippen molar-refractivity contribution in [1.82, 2.24) is 10.2 Å². The van der Waals surface area contributed by atoms with Crippen LogP contribution in [0.4, 0.5) is 0 Å². The van der Waals surface area contributed by atoms with Crippen molar-refractivity contribution in [2.75, 3.05) is 6.54 Å². The number of nitrogens with two attached hydrogens (primary N) is 1. The summed E-state index contributed by atoms with van der Waals surface area (Å²) >= 11 is 0. The van der Waals surface area contributed by atoms with Crippen molar-refractivity contribution in [2.24, 2.45) is 5.73 Å². The number of rotatable bonds is 2. The van der Waals surface area contributed by atoms with Crippen molar-refractivity contribution in [3.05, 3.63) is 0 Å². The fourth-order valence-electron chi connectivity index (χ4n) is 2.33. The van der Waals surface area contributed by atoms with E-state index in [1.165, 1.54) is 4.90 Å². The van der Waals surface area contributed by atoms with Crippen molar-refractivity contribution in [1.29, 1.82) is 0 Å². The molecule has 2 heterocycles. The first-order chi connectivity index (χ1) is 7.59. The smallest absolute Gasteiger partial charge is 0.245 e. The van der Waals surface area contributed by atoms with E-state index < -0.39 is 18.0 Å². The summed E-state index contributed by atoms with van der Waals surface area (Å²) in [5.41, 5.74) is 5.23.